The molecule has 0 saturated carbocycles. The fourth-order valence-corrected chi connectivity index (χ4v) is 4.73. The highest BCUT2D eigenvalue weighted by Gasteiger charge is 2.32. The van der Waals surface area contributed by atoms with E-state index < -0.39 is 48.1 Å². The van der Waals surface area contributed by atoms with Crippen LogP contribution in [0.5, 0.6) is 0 Å². The first kappa shape index (κ1) is 31.9. The lowest BCUT2D eigenvalue weighted by Gasteiger charge is -2.30. The van der Waals surface area contributed by atoms with Gasteiger partial charge >= 0.3 is 6.09 Å². The van der Waals surface area contributed by atoms with E-state index >= 15 is 0 Å². The summed E-state index contributed by atoms with van der Waals surface area (Å²) in [5.41, 5.74) is 6.75. The molecule has 214 valence electrons. The van der Waals surface area contributed by atoms with E-state index in [4.69, 9.17) is 19.9 Å². The first-order valence-corrected chi connectivity index (χ1v) is 12.9. The molecular weight excluding hydrogens is 504 g/mol. The van der Waals surface area contributed by atoms with Crippen LogP contribution in [0.4, 0.5) is 4.79 Å². The number of Topliss-reactive ketones (excluding diaryl/α,β-unsaturated/α-hetero) is 1. The third-order valence-corrected chi connectivity index (χ3v) is 7.07. The van der Waals surface area contributed by atoms with Crippen LogP contribution in [0.3, 0.4) is 0 Å². The van der Waals surface area contributed by atoms with Crippen LogP contribution in [0, 0.1) is 11.8 Å². The molecule has 0 aromatic carbocycles. The Kier molecular flexibility index (Phi) is 11.6. The van der Waals surface area contributed by atoms with Gasteiger partial charge < -0.3 is 30.4 Å². The number of carbonyl (C=O) groups excluding carboxylic acids is 4. The molecule has 0 saturated heterocycles. The Hall–Kier alpha value is -3.34. The lowest BCUT2D eigenvalue weighted by Crippen LogP contribution is -2.37. The second-order valence-corrected chi connectivity index (χ2v) is 10.2. The maximum absolute atomic E-state index is 13.2. The molecule has 0 radical (unpaired) electrons. The Balaban J connectivity index is 2.58. The zero-order valence-electron chi connectivity index (χ0n) is 23.6. The number of hydrogen-bond donors (Lipinski definition) is 3. The number of allylic oxidation sites excluding steroid dienone is 5. The number of nitrogens with two attached hydrogens (primary N) is 1. The highest BCUT2D eigenvalue weighted by molar-refractivity contribution is 6.23. The summed E-state index contributed by atoms with van der Waals surface area (Å²) in [6, 6.07) is 0. The molecule has 2 amide bonds. The molecule has 1 heterocycles. The Bertz CT molecular complexity index is 1130. The van der Waals surface area contributed by atoms with E-state index in [-0.39, 0.29) is 29.4 Å². The van der Waals surface area contributed by atoms with Crippen LogP contribution in [0.15, 0.2) is 58.4 Å². The van der Waals surface area contributed by atoms with Gasteiger partial charge in [-0.3, -0.25) is 14.4 Å². The van der Waals surface area contributed by atoms with Crippen LogP contribution >= 0.6 is 0 Å². The first-order valence-electron chi connectivity index (χ1n) is 12.9. The average Bonchev–Trinajstić information content (AvgIpc) is 2.88. The van der Waals surface area contributed by atoms with Crippen molar-refractivity contribution in [1.82, 2.24) is 5.32 Å². The predicted molar refractivity (Wildman–Crippen MR) is 145 cm³/mol. The molecule has 10 heteroatoms. The second-order valence-electron chi connectivity index (χ2n) is 10.2. The molecule has 0 spiro atoms. The number of amides is 2. The highest BCUT2D eigenvalue weighted by Crippen LogP contribution is 2.29. The summed E-state index contributed by atoms with van der Waals surface area (Å²) in [6.45, 7) is 8.60. The van der Waals surface area contributed by atoms with Gasteiger partial charge in [-0.15, -0.1) is 0 Å². The predicted octanol–water partition coefficient (Wildman–Crippen LogP) is 2.82. The van der Waals surface area contributed by atoms with Crippen LogP contribution < -0.4 is 11.1 Å². The quantitative estimate of drug-likeness (QED) is 0.362. The normalized spacial score (nSPS) is 33.3. The van der Waals surface area contributed by atoms with Crippen molar-refractivity contribution in [2.24, 2.45) is 17.6 Å². The van der Waals surface area contributed by atoms with Gasteiger partial charge in [-0.2, -0.15) is 0 Å². The van der Waals surface area contributed by atoms with Gasteiger partial charge in [0, 0.05) is 42.9 Å². The number of ketones is 2. The van der Waals surface area contributed by atoms with Gasteiger partial charge in [0.15, 0.2) is 11.9 Å². The minimum atomic E-state index is -0.993. The summed E-state index contributed by atoms with van der Waals surface area (Å²) in [5, 5.41) is 13.7. The van der Waals surface area contributed by atoms with E-state index in [9.17, 15) is 24.3 Å². The molecule has 6 atom stereocenters. The van der Waals surface area contributed by atoms with Gasteiger partial charge in [0.2, 0.25) is 5.78 Å². The molecule has 10 nitrogen and oxygen atoms in total. The van der Waals surface area contributed by atoms with E-state index in [2.05, 4.69) is 5.32 Å². The molecule has 0 fully saturated rings. The fraction of sp³-hybridized carbons (Fsp3) is 0.517. The van der Waals surface area contributed by atoms with Crippen LogP contribution in [0.1, 0.15) is 47.5 Å². The second kappa shape index (κ2) is 14.2. The number of aliphatic hydroxyl groups excluding tert-OH is 1. The van der Waals surface area contributed by atoms with E-state index in [0.29, 0.717) is 23.1 Å². The molecule has 2 bridgehead atoms. The number of aliphatic hydroxyl groups is 1. The maximum atomic E-state index is 13.2. The van der Waals surface area contributed by atoms with E-state index in [0.717, 1.165) is 6.08 Å². The van der Waals surface area contributed by atoms with Crippen LogP contribution in [0.2, 0.25) is 0 Å². The maximum Gasteiger partial charge on any atom is 0.405 e. The van der Waals surface area contributed by atoms with Crippen LogP contribution in [-0.2, 0) is 28.6 Å². The smallest absolute Gasteiger partial charge is 0.405 e. The summed E-state index contributed by atoms with van der Waals surface area (Å²) in [4.78, 5) is 50.4. The average molecular weight is 545 g/mol. The molecule has 0 aromatic heterocycles. The SMILES string of the molecule is CO[C@H]1/C=C\C=C(/C)C(=O)NC2=CC(=O)C(C)=C(C[C@@H](C)C[C@H](OC)[C@H](O)[C@@H](C)/C=C(\C)[C@@H]1OC(N)=O)C2=O. The van der Waals surface area contributed by atoms with Crippen molar-refractivity contribution in [2.75, 3.05) is 14.2 Å². The van der Waals surface area contributed by atoms with Crippen molar-refractivity contribution in [2.45, 2.75) is 71.9 Å². The van der Waals surface area contributed by atoms with Gasteiger partial charge in [0.25, 0.3) is 5.91 Å². The number of carbonyl (C=O) groups is 4. The van der Waals surface area contributed by atoms with Crippen LogP contribution in [-0.4, -0.2) is 67.3 Å². The Labute approximate surface area is 229 Å². The van der Waals surface area contributed by atoms with Crippen molar-refractivity contribution < 1.29 is 38.5 Å². The number of methoxy groups -OCH3 is 2. The van der Waals surface area contributed by atoms with Gasteiger partial charge in [0.05, 0.1) is 17.9 Å². The molecular formula is C29H40N2O8. The van der Waals surface area contributed by atoms with Crippen LogP contribution in [0.25, 0.3) is 0 Å². The van der Waals surface area contributed by atoms with Crippen molar-refractivity contribution in [1.29, 1.82) is 0 Å². The molecule has 1 aliphatic heterocycles. The minimum Gasteiger partial charge on any atom is -0.439 e. The number of primary amides is 1. The molecule has 2 rings (SSSR count). The molecule has 39 heavy (non-hydrogen) atoms. The van der Waals surface area contributed by atoms with Crippen molar-refractivity contribution >= 4 is 23.6 Å². The van der Waals surface area contributed by atoms with E-state index in [1.807, 2.05) is 13.8 Å². The van der Waals surface area contributed by atoms with E-state index in [1.54, 1.807) is 39.0 Å². The standard InChI is InChI=1S/C29H40N2O8/c1-15-11-20-19(5)22(32)14-21(26(20)34)31-28(35)16(2)9-8-10-23(37-6)27(39-29(30)36)18(4)13-17(3)25(33)24(12-15)38-7/h8-10,13-15,17,23-25,27,33H,11-12H2,1-7H3,(H2,30,36)(H,31,35)/b10-8-,16-9+,18-13+/t15-,17+,23+,24+,25-,27+/m1/s1. The number of hydrogen-bond acceptors (Lipinski definition) is 8. The molecule has 2 aliphatic rings. The molecule has 1 aliphatic carbocycles. The Morgan fingerprint density at radius 1 is 1.10 bits per heavy atom. The molecule has 4 N–H and O–H groups in total. The summed E-state index contributed by atoms with van der Waals surface area (Å²) < 4.78 is 16.5. The minimum absolute atomic E-state index is 0.0890. The monoisotopic (exact) mass is 544 g/mol. The number of nitrogens with one attached hydrogen (secondary N) is 1. The molecule has 0 unspecified atom stereocenters. The summed E-state index contributed by atoms with van der Waals surface area (Å²) in [7, 11) is 2.93. The largest absolute Gasteiger partial charge is 0.439 e. The number of rotatable bonds is 3. The third-order valence-electron chi connectivity index (χ3n) is 7.07. The lowest BCUT2D eigenvalue weighted by molar-refractivity contribution is -0.120. The topological polar surface area (TPSA) is 154 Å². The van der Waals surface area contributed by atoms with Gasteiger partial charge in [-0.25, -0.2) is 4.79 Å². The van der Waals surface area contributed by atoms with Gasteiger partial charge in [0.1, 0.15) is 6.10 Å². The lowest BCUT2D eigenvalue weighted by atomic mass is 9.84. The van der Waals surface area contributed by atoms with Crippen molar-refractivity contribution in [3.8, 4) is 0 Å². The number of fused-ring (bicyclic) bond motifs is 2. The zero-order chi connectivity index (χ0) is 29.4. The highest BCUT2D eigenvalue weighted by atomic mass is 16.6. The fourth-order valence-electron chi connectivity index (χ4n) is 4.73. The van der Waals surface area contributed by atoms with Gasteiger partial charge in [-0.1, -0.05) is 38.2 Å². The van der Waals surface area contributed by atoms with Crippen molar-refractivity contribution in [3.05, 3.63) is 58.4 Å². The summed E-state index contributed by atoms with van der Waals surface area (Å²) in [5.74, 6) is -1.87. The number of ether oxygens (including phenoxy) is 3. The third kappa shape index (κ3) is 8.32. The molecule has 0 aromatic rings. The zero-order valence-corrected chi connectivity index (χ0v) is 23.6. The summed E-state index contributed by atoms with van der Waals surface area (Å²) >= 11 is 0. The van der Waals surface area contributed by atoms with Gasteiger partial charge in [-0.05, 0) is 45.1 Å². The first-order chi connectivity index (χ1) is 18.3. The Morgan fingerprint density at radius 3 is 2.36 bits per heavy atom. The van der Waals surface area contributed by atoms with E-state index in [1.165, 1.54) is 20.3 Å². The summed E-state index contributed by atoms with van der Waals surface area (Å²) in [6.07, 6.45) is 4.04. The Morgan fingerprint density at radius 2 is 1.77 bits per heavy atom. The van der Waals surface area contributed by atoms with Crippen molar-refractivity contribution in [3.63, 3.8) is 0 Å².